The van der Waals surface area contributed by atoms with Gasteiger partial charge in [0, 0.05) is 34.3 Å². The number of aliphatic hydroxyl groups excluding tert-OH is 2. The van der Waals surface area contributed by atoms with Crippen molar-refractivity contribution in [2.75, 3.05) is 11.5 Å². The number of hydrogen-bond donors (Lipinski definition) is 3. The van der Waals surface area contributed by atoms with E-state index >= 15 is 0 Å². The maximum absolute atomic E-state index is 13.7. The van der Waals surface area contributed by atoms with Crippen molar-refractivity contribution in [2.24, 2.45) is 17.8 Å². The number of phenolic OH excluding ortho intramolecular Hbond substituents is 1. The number of halogens is 1. The number of carbonyl (C=O) groups excluding carboxylic acids is 2. The number of anilines is 1. The van der Waals surface area contributed by atoms with Crippen LogP contribution < -0.4 is 4.90 Å². The smallest absolute Gasteiger partial charge is 0.271 e. The van der Waals surface area contributed by atoms with Gasteiger partial charge in [0.25, 0.3) is 5.69 Å². The van der Waals surface area contributed by atoms with Gasteiger partial charge < -0.3 is 15.3 Å². The molecule has 5 rings (SSSR count). The zero-order chi connectivity index (χ0) is 30.8. The van der Waals surface area contributed by atoms with Gasteiger partial charge in [0.15, 0.2) is 0 Å². The number of hydrogen-bond acceptors (Lipinski definition) is 8. The van der Waals surface area contributed by atoms with E-state index in [9.17, 15) is 35.0 Å². The van der Waals surface area contributed by atoms with Crippen LogP contribution in [0.4, 0.5) is 11.4 Å². The Labute approximate surface area is 256 Å². The first-order chi connectivity index (χ1) is 20.6. The van der Waals surface area contributed by atoms with E-state index in [-0.39, 0.29) is 30.0 Å². The molecular weight excluding hydrogens is 618 g/mol. The zero-order valence-corrected chi connectivity index (χ0v) is 24.8. The van der Waals surface area contributed by atoms with Crippen molar-refractivity contribution in [1.82, 2.24) is 4.98 Å². The number of carbonyl (C=O) groups is 2. The number of rotatable bonds is 9. The summed E-state index contributed by atoms with van der Waals surface area (Å²) >= 11 is 3.43. The van der Waals surface area contributed by atoms with Gasteiger partial charge in [0.1, 0.15) is 5.75 Å². The summed E-state index contributed by atoms with van der Waals surface area (Å²) in [7, 11) is 0. The predicted molar refractivity (Wildman–Crippen MR) is 164 cm³/mol. The van der Waals surface area contributed by atoms with Crippen molar-refractivity contribution in [3.05, 3.63) is 104 Å². The number of amides is 2. The molecule has 2 aliphatic rings. The number of aliphatic hydroxyl groups is 2. The monoisotopic (exact) mass is 647 g/mol. The van der Waals surface area contributed by atoms with Crippen molar-refractivity contribution in [2.45, 2.75) is 32.3 Å². The molecule has 1 aliphatic carbocycles. The topological polar surface area (TPSA) is 154 Å². The van der Waals surface area contributed by atoms with Crippen LogP contribution in [0.25, 0.3) is 11.6 Å². The third kappa shape index (κ3) is 6.01. The fraction of sp³-hybridized carbons (Fsp3) is 0.281. The number of nitrogens with zero attached hydrogens (tertiary/aromatic N) is 3. The minimum Gasteiger partial charge on any atom is -0.507 e. The normalized spacial score (nSPS) is 21.3. The molecule has 3 aromatic rings. The molecule has 2 amide bonds. The standard InChI is InChI=1S/C32H30BrN3O7/c1-18-13-24-30(32(41)35(31(24)40)22-5-4-6-23(16-22)36(42)43)25(17-37)29(18)28(39)10-8-19(26-7-2-3-12-34-26)14-20-15-21(33)9-11-27(20)38/h2-7,9,11-12,14-16,24-25,28,30,37-39H,8,10,13,17H2,1H3/b19-14-/t24-,25+,28-,30-/m1/s1. The van der Waals surface area contributed by atoms with Gasteiger partial charge in [0.05, 0.1) is 40.9 Å². The van der Waals surface area contributed by atoms with Crippen LogP contribution in [-0.2, 0) is 9.59 Å². The highest BCUT2D eigenvalue weighted by Crippen LogP contribution is 2.47. The molecule has 0 unspecified atom stereocenters. The van der Waals surface area contributed by atoms with Gasteiger partial charge in [-0.15, -0.1) is 0 Å². The largest absolute Gasteiger partial charge is 0.507 e. The van der Waals surface area contributed by atoms with Crippen LogP contribution in [-0.4, -0.2) is 49.8 Å². The molecule has 0 spiro atoms. The quantitative estimate of drug-likeness (QED) is 0.123. The second-order valence-electron chi connectivity index (χ2n) is 10.8. The Balaban J connectivity index is 1.42. The van der Waals surface area contributed by atoms with Crippen molar-refractivity contribution < 1.29 is 29.8 Å². The third-order valence-electron chi connectivity index (χ3n) is 8.18. The summed E-state index contributed by atoms with van der Waals surface area (Å²) in [5, 5.41) is 43.7. The lowest BCUT2D eigenvalue weighted by atomic mass is 9.68. The maximum atomic E-state index is 13.7. The molecule has 11 heteroatoms. The number of fused-ring (bicyclic) bond motifs is 1. The number of aromatic nitrogens is 1. The first-order valence-electron chi connectivity index (χ1n) is 13.8. The van der Waals surface area contributed by atoms with Crippen molar-refractivity contribution in [1.29, 1.82) is 0 Å². The van der Waals surface area contributed by atoms with Gasteiger partial charge in [-0.3, -0.25) is 24.7 Å². The molecule has 3 N–H and O–H groups in total. The number of aromatic hydroxyl groups is 1. The average Bonchev–Trinajstić information content (AvgIpc) is 3.25. The highest BCUT2D eigenvalue weighted by Gasteiger charge is 2.55. The SMILES string of the molecule is CC1=C([C@H](O)CC/C(=C/c2cc(Br)ccc2O)c2ccccn2)[C@H](CO)[C@@H]2C(=O)N(c3cccc([N+](=O)[O-])c3)C(=O)[C@@H]2C1. The molecule has 2 heterocycles. The van der Waals surface area contributed by atoms with Gasteiger partial charge in [-0.05, 0) is 79.8 Å². The summed E-state index contributed by atoms with van der Waals surface area (Å²) in [5.41, 5.74) is 3.13. The Morgan fingerprint density at radius 2 is 1.95 bits per heavy atom. The summed E-state index contributed by atoms with van der Waals surface area (Å²) in [6, 6.07) is 15.9. The molecule has 0 bridgehead atoms. The Hall–Kier alpha value is -4.19. The number of allylic oxidation sites excluding steroid dienone is 2. The Kier molecular flexibility index (Phi) is 8.86. The fourth-order valence-corrected chi connectivity index (χ4v) is 6.60. The van der Waals surface area contributed by atoms with Gasteiger partial charge in [-0.2, -0.15) is 0 Å². The van der Waals surface area contributed by atoms with Crippen molar-refractivity contribution in [3.63, 3.8) is 0 Å². The summed E-state index contributed by atoms with van der Waals surface area (Å²) in [6.07, 6.45) is 3.25. The molecule has 10 nitrogen and oxygen atoms in total. The minimum atomic E-state index is -1.03. The lowest BCUT2D eigenvalue weighted by molar-refractivity contribution is -0.384. The van der Waals surface area contributed by atoms with E-state index in [2.05, 4.69) is 20.9 Å². The Morgan fingerprint density at radius 1 is 1.16 bits per heavy atom. The summed E-state index contributed by atoms with van der Waals surface area (Å²) < 4.78 is 0.787. The van der Waals surface area contributed by atoms with E-state index < -0.39 is 47.2 Å². The van der Waals surface area contributed by atoms with Crippen LogP contribution in [0.1, 0.15) is 37.4 Å². The molecule has 1 aromatic heterocycles. The number of pyridine rings is 1. The highest BCUT2D eigenvalue weighted by molar-refractivity contribution is 9.10. The van der Waals surface area contributed by atoms with E-state index in [4.69, 9.17) is 0 Å². The van der Waals surface area contributed by atoms with Crippen LogP contribution in [0.2, 0.25) is 0 Å². The molecule has 43 heavy (non-hydrogen) atoms. The fourth-order valence-electron chi connectivity index (χ4n) is 6.22. The van der Waals surface area contributed by atoms with Gasteiger partial charge in [0.2, 0.25) is 11.8 Å². The number of phenols is 1. The first kappa shape index (κ1) is 30.3. The third-order valence-corrected chi connectivity index (χ3v) is 8.68. The van der Waals surface area contributed by atoms with Crippen LogP contribution >= 0.6 is 15.9 Å². The number of non-ortho nitro benzene ring substituents is 1. The number of benzene rings is 2. The zero-order valence-electron chi connectivity index (χ0n) is 23.3. The van der Waals surface area contributed by atoms with E-state index in [1.165, 1.54) is 24.3 Å². The lowest BCUT2D eigenvalue weighted by Gasteiger charge is -2.35. The highest BCUT2D eigenvalue weighted by atomic mass is 79.9. The summed E-state index contributed by atoms with van der Waals surface area (Å²) in [4.78, 5) is 43.2. The van der Waals surface area contributed by atoms with Crippen LogP contribution in [0, 0.1) is 27.9 Å². The minimum absolute atomic E-state index is 0.0899. The molecule has 0 radical (unpaired) electrons. The molecule has 2 aromatic carbocycles. The predicted octanol–water partition coefficient (Wildman–Crippen LogP) is 5.27. The van der Waals surface area contributed by atoms with E-state index in [0.29, 0.717) is 23.3 Å². The van der Waals surface area contributed by atoms with Gasteiger partial charge in [-0.25, -0.2) is 4.90 Å². The van der Waals surface area contributed by atoms with E-state index in [1.54, 1.807) is 37.4 Å². The molecule has 0 saturated carbocycles. The summed E-state index contributed by atoms with van der Waals surface area (Å²) in [6.45, 7) is 1.34. The molecule has 1 fully saturated rings. The number of nitro groups is 1. The van der Waals surface area contributed by atoms with Crippen LogP contribution in [0.15, 0.2) is 82.5 Å². The first-order valence-corrected chi connectivity index (χ1v) is 14.6. The Bertz CT molecular complexity index is 1640. The number of nitro benzene ring substituents is 1. The van der Waals surface area contributed by atoms with Gasteiger partial charge in [-0.1, -0.05) is 33.6 Å². The van der Waals surface area contributed by atoms with Crippen LogP contribution in [0.3, 0.4) is 0 Å². The average molecular weight is 649 g/mol. The second kappa shape index (κ2) is 12.6. The Morgan fingerprint density at radius 3 is 2.65 bits per heavy atom. The number of imide groups is 1. The van der Waals surface area contributed by atoms with Crippen LogP contribution in [0.5, 0.6) is 5.75 Å². The van der Waals surface area contributed by atoms with Gasteiger partial charge >= 0.3 is 0 Å². The molecule has 4 atom stereocenters. The van der Waals surface area contributed by atoms with Crippen molar-refractivity contribution in [3.8, 4) is 5.75 Å². The van der Waals surface area contributed by atoms with E-state index in [1.807, 2.05) is 18.2 Å². The van der Waals surface area contributed by atoms with Crippen molar-refractivity contribution >= 4 is 50.8 Å². The van der Waals surface area contributed by atoms with E-state index in [0.717, 1.165) is 20.5 Å². The molecule has 1 aliphatic heterocycles. The summed E-state index contributed by atoms with van der Waals surface area (Å²) in [5.74, 6) is -3.39. The lowest BCUT2D eigenvalue weighted by Crippen LogP contribution is -2.38. The maximum Gasteiger partial charge on any atom is 0.271 e. The molecule has 222 valence electrons. The second-order valence-corrected chi connectivity index (χ2v) is 11.7. The molecular formula is C32H30BrN3O7. The molecule has 1 saturated heterocycles.